The molecule has 1 aromatic rings. The van der Waals surface area contributed by atoms with Gasteiger partial charge in [-0.15, -0.1) is 0 Å². The molecule has 6 heteroatoms. The standard InChI is InChI=1S/C10H10F5N/c1-6-3-2-4-7(5-6)8(16)9(11,12)10(13,14)15/h2-5,8H,16H2,1H3/t8-/m1/s1. The molecule has 0 spiro atoms. The van der Waals surface area contributed by atoms with Crippen LogP contribution in [-0.4, -0.2) is 12.1 Å². The van der Waals surface area contributed by atoms with E-state index in [9.17, 15) is 22.0 Å². The summed E-state index contributed by atoms with van der Waals surface area (Å²) in [6.07, 6.45) is -5.64. The normalized spacial score (nSPS) is 14.9. The number of hydrogen-bond acceptors (Lipinski definition) is 1. The van der Waals surface area contributed by atoms with Crippen LogP contribution in [0.3, 0.4) is 0 Å². The molecule has 16 heavy (non-hydrogen) atoms. The van der Waals surface area contributed by atoms with Crippen LogP contribution in [0.25, 0.3) is 0 Å². The molecule has 0 aliphatic rings. The highest BCUT2D eigenvalue weighted by atomic mass is 19.4. The van der Waals surface area contributed by atoms with Crippen molar-refractivity contribution in [2.75, 3.05) is 0 Å². The fourth-order valence-corrected chi connectivity index (χ4v) is 1.25. The van der Waals surface area contributed by atoms with Crippen LogP contribution < -0.4 is 5.73 Å². The predicted molar refractivity (Wildman–Crippen MR) is 49.1 cm³/mol. The van der Waals surface area contributed by atoms with Gasteiger partial charge in [-0.3, -0.25) is 0 Å². The SMILES string of the molecule is Cc1cccc([C@@H](N)C(F)(F)C(F)(F)F)c1. The largest absolute Gasteiger partial charge is 0.455 e. The van der Waals surface area contributed by atoms with Crippen LogP contribution in [0.1, 0.15) is 17.2 Å². The summed E-state index contributed by atoms with van der Waals surface area (Å²) in [5, 5.41) is 0. The number of halogens is 5. The van der Waals surface area contributed by atoms with Gasteiger partial charge in [0.1, 0.15) is 6.04 Å². The average molecular weight is 239 g/mol. The maximum Gasteiger partial charge on any atom is 0.455 e. The van der Waals surface area contributed by atoms with Crippen molar-refractivity contribution in [1.82, 2.24) is 0 Å². The third-order valence-electron chi connectivity index (χ3n) is 2.17. The Morgan fingerprint density at radius 3 is 2.12 bits per heavy atom. The van der Waals surface area contributed by atoms with E-state index in [1.165, 1.54) is 12.1 Å². The van der Waals surface area contributed by atoms with Crippen LogP contribution in [0, 0.1) is 6.92 Å². The molecule has 2 N–H and O–H groups in total. The van der Waals surface area contributed by atoms with Gasteiger partial charge in [0, 0.05) is 0 Å². The quantitative estimate of drug-likeness (QED) is 0.788. The fourth-order valence-electron chi connectivity index (χ4n) is 1.25. The van der Waals surface area contributed by atoms with E-state index in [1.54, 1.807) is 13.0 Å². The molecule has 0 radical (unpaired) electrons. The molecule has 0 saturated carbocycles. The Balaban J connectivity index is 3.07. The minimum absolute atomic E-state index is 0.234. The maximum absolute atomic E-state index is 12.9. The van der Waals surface area contributed by atoms with Crippen molar-refractivity contribution in [3.8, 4) is 0 Å². The van der Waals surface area contributed by atoms with E-state index in [0.717, 1.165) is 6.07 Å². The first-order valence-corrected chi connectivity index (χ1v) is 4.43. The van der Waals surface area contributed by atoms with Gasteiger partial charge in [0.05, 0.1) is 0 Å². The first kappa shape index (κ1) is 12.9. The highest BCUT2D eigenvalue weighted by Gasteiger charge is 2.61. The van der Waals surface area contributed by atoms with Gasteiger partial charge in [-0.2, -0.15) is 22.0 Å². The minimum atomic E-state index is -5.64. The van der Waals surface area contributed by atoms with Gasteiger partial charge in [-0.05, 0) is 12.5 Å². The summed E-state index contributed by atoms with van der Waals surface area (Å²) < 4.78 is 61.9. The van der Waals surface area contributed by atoms with Gasteiger partial charge in [-0.1, -0.05) is 29.8 Å². The van der Waals surface area contributed by atoms with Crippen LogP contribution in [0.4, 0.5) is 22.0 Å². The second kappa shape index (κ2) is 4.01. The summed E-state index contributed by atoms with van der Waals surface area (Å²) >= 11 is 0. The second-order valence-electron chi connectivity index (χ2n) is 3.51. The second-order valence-corrected chi connectivity index (χ2v) is 3.51. The summed E-state index contributed by atoms with van der Waals surface area (Å²) in [6, 6.07) is 2.95. The van der Waals surface area contributed by atoms with Crippen LogP contribution in [0.15, 0.2) is 24.3 Å². The molecule has 0 fully saturated rings. The summed E-state index contributed by atoms with van der Waals surface area (Å²) in [6.45, 7) is 1.59. The third kappa shape index (κ3) is 2.32. The van der Waals surface area contributed by atoms with Crippen molar-refractivity contribution in [1.29, 1.82) is 0 Å². The van der Waals surface area contributed by atoms with E-state index in [0.29, 0.717) is 5.56 Å². The lowest BCUT2D eigenvalue weighted by molar-refractivity contribution is -0.291. The van der Waals surface area contributed by atoms with Gasteiger partial charge in [0.25, 0.3) is 0 Å². The van der Waals surface area contributed by atoms with Crippen molar-refractivity contribution in [3.63, 3.8) is 0 Å². The molecule has 0 aromatic heterocycles. The van der Waals surface area contributed by atoms with Crippen molar-refractivity contribution in [3.05, 3.63) is 35.4 Å². The summed E-state index contributed by atoms with van der Waals surface area (Å²) in [7, 11) is 0. The molecular weight excluding hydrogens is 229 g/mol. The zero-order valence-corrected chi connectivity index (χ0v) is 8.35. The number of aryl methyl sites for hydroxylation is 1. The minimum Gasteiger partial charge on any atom is -0.319 e. The molecule has 1 atom stereocenters. The summed E-state index contributed by atoms with van der Waals surface area (Å²) in [5.74, 6) is -4.93. The van der Waals surface area contributed by atoms with E-state index >= 15 is 0 Å². The highest BCUT2D eigenvalue weighted by molar-refractivity contribution is 5.26. The molecule has 0 heterocycles. The molecule has 0 aliphatic carbocycles. The Hall–Kier alpha value is -1.17. The number of nitrogens with two attached hydrogens (primary N) is 1. The van der Waals surface area contributed by atoms with E-state index in [-0.39, 0.29) is 5.56 Å². The average Bonchev–Trinajstić information content (AvgIpc) is 2.14. The summed E-state index contributed by atoms with van der Waals surface area (Å²) in [5.41, 5.74) is 5.30. The molecule has 90 valence electrons. The molecule has 0 amide bonds. The van der Waals surface area contributed by atoms with Gasteiger partial charge in [0.15, 0.2) is 0 Å². The molecule has 0 unspecified atom stereocenters. The van der Waals surface area contributed by atoms with Crippen LogP contribution in [-0.2, 0) is 0 Å². The number of rotatable bonds is 2. The van der Waals surface area contributed by atoms with Crippen LogP contribution >= 0.6 is 0 Å². The van der Waals surface area contributed by atoms with Gasteiger partial charge >= 0.3 is 12.1 Å². The smallest absolute Gasteiger partial charge is 0.319 e. The van der Waals surface area contributed by atoms with Gasteiger partial charge in [0.2, 0.25) is 0 Å². The fraction of sp³-hybridized carbons (Fsp3) is 0.400. The predicted octanol–water partition coefficient (Wildman–Crippen LogP) is 3.19. The Morgan fingerprint density at radius 2 is 1.69 bits per heavy atom. The van der Waals surface area contributed by atoms with Crippen molar-refractivity contribution < 1.29 is 22.0 Å². The number of alkyl halides is 5. The lowest BCUT2D eigenvalue weighted by atomic mass is 9.99. The zero-order chi connectivity index (χ0) is 12.6. The monoisotopic (exact) mass is 239 g/mol. The number of hydrogen-bond donors (Lipinski definition) is 1. The summed E-state index contributed by atoms with van der Waals surface area (Å²) in [4.78, 5) is 0. The molecule has 0 aliphatic heterocycles. The third-order valence-corrected chi connectivity index (χ3v) is 2.17. The topological polar surface area (TPSA) is 26.0 Å². The van der Waals surface area contributed by atoms with Crippen LogP contribution in [0.5, 0.6) is 0 Å². The van der Waals surface area contributed by atoms with Crippen LogP contribution in [0.2, 0.25) is 0 Å². The lowest BCUT2D eigenvalue weighted by Gasteiger charge is -2.26. The molecule has 1 nitrogen and oxygen atoms in total. The van der Waals surface area contributed by atoms with E-state index in [1.807, 2.05) is 0 Å². The van der Waals surface area contributed by atoms with Crippen molar-refractivity contribution in [2.24, 2.45) is 5.73 Å². The molecule has 0 saturated heterocycles. The number of benzene rings is 1. The Morgan fingerprint density at radius 1 is 1.12 bits per heavy atom. The Kier molecular flexibility index (Phi) is 3.23. The molecule has 1 rings (SSSR count). The van der Waals surface area contributed by atoms with Gasteiger partial charge in [-0.25, -0.2) is 0 Å². The lowest BCUT2D eigenvalue weighted by Crippen LogP contribution is -2.45. The maximum atomic E-state index is 12.9. The molecule has 1 aromatic carbocycles. The van der Waals surface area contributed by atoms with E-state index < -0.39 is 18.1 Å². The zero-order valence-electron chi connectivity index (χ0n) is 8.35. The molecular formula is C10H10F5N. The first-order valence-electron chi connectivity index (χ1n) is 4.43. The first-order chi connectivity index (χ1) is 7.16. The van der Waals surface area contributed by atoms with Gasteiger partial charge < -0.3 is 5.73 Å². The van der Waals surface area contributed by atoms with E-state index in [2.05, 4.69) is 0 Å². The van der Waals surface area contributed by atoms with Crippen molar-refractivity contribution >= 4 is 0 Å². The Labute approximate surface area is 89.1 Å². The molecule has 0 bridgehead atoms. The van der Waals surface area contributed by atoms with Crippen molar-refractivity contribution in [2.45, 2.75) is 25.1 Å². The highest BCUT2D eigenvalue weighted by Crippen LogP contribution is 2.43. The Bertz CT molecular complexity index is 372. The van der Waals surface area contributed by atoms with E-state index in [4.69, 9.17) is 5.73 Å².